The van der Waals surface area contributed by atoms with Gasteiger partial charge in [-0.15, -0.1) is 0 Å². The monoisotopic (exact) mass is 329 g/mol. The van der Waals surface area contributed by atoms with Crippen molar-refractivity contribution < 1.29 is 4.79 Å². The Morgan fingerprint density at radius 2 is 2.04 bits per heavy atom. The van der Waals surface area contributed by atoms with Gasteiger partial charge in [-0.05, 0) is 18.9 Å². The summed E-state index contributed by atoms with van der Waals surface area (Å²) in [5, 5.41) is 3.07. The van der Waals surface area contributed by atoms with Crippen LogP contribution in [0.3, 0.4) is 0 Å². The molecule has 1 amide bonds. The van der Waals surface area contributed by atoms with Gasteiger partial charge in [0.15, 0.2) is 5.82 Å². The van der Waals surface area contributed by atoms with Crippen molar-refractivity contribution in [3.8, 4) is 0 Å². The minimum atomic E-state index is -0.433. The van der Waals surface area contributed by atoms with Gasteiger partial charge in [-0.25, -0.2) is 4.98 Å². The van der Waals surface area contributed by atoms with E-state index < -0.39 is 5.91 Å². The Morgan fingerprint density at radius 1 is 1.33 bits per heavy atom. The minimum Gasteiger partial charge on any atom is -0.370 e. The number of hydrogen-bond acceptors (Lipinski definition) is 5. The van der Waals surface area contributed by atoms with Crippen molar-refractivity contribution in [1.82, 2.24) is 9.55 Å². The second kappa shape index (κ2) is 8.26. The number of aryl methyl sites for hydroxylation is 1. The van der Waals surface area contributed by atoms with Gasteiger partial charge in [-0.1, -0.05) is 30.3 Å². The van der Waals surface area contributed by atoms with E-state index in [-0.39, 0.29) is 23.8 Å². The third-order valence-electron chi connectivity index (χ3n) is 3.72. The van der Waals surface area contributed by atoms with Crippen LogP contribution >= 0.6 is 0 Å². The Morgan fingerprint density at radius 3 is 2.67 bits per heavy atom. The fourth-order valence-corrected chi connectivity index (χ4v) is 2.59. The van der Waals surface area contributed by atoms with Gasteiger partial charge in [0.25, 0.3) is 5.56 Å². The first kappa shape index (κ1) is 17.7. The lowest BCUT2D eigenvalue weighted by Crippen LogP contribution is -2.35. The van der Waals surface area contributed by atoms with Crippen LogP contribution in [-0.4, -0.2) is 28.0 Å². The molecule has 1 atom stereocenters. The molecule has 0 spiro atoms. The SMILES string of the molecule is Cc1cnc(NC(CC(N)=O)Cc2ccccc2)c(=O)n1CCN. The fourth-order valence-electron chi connectivity index (χ4n) is 2.59. The van der Waals surface area contributed by atoms with Crippen molar-refractivity contribution in [3.05, 3.63) is 58.1 Å². The summed E-state index contributed by atoms with van der Waals surface area (Å²) < 4.78 is 1.57. The van der Waals surface area contributed by atoms with E-state index >= 15 is 0 Å². The third kappa shape index (κ3) is 4.66. The predicted molar refractivity (Wildman–Crippen MR) is 93.7 cm³/mol. The normalized spacial score (nSPS) is 11.9. The average Bonchev–Trinajstić information content (AvgIpc) is 2.54. The van der Waals surface area contributed by atoms with Gasteiger partial charge in [0.05, 0.1) is 0 Å². The molecule has 0 radical (unpaired) electrons. The number of carbonyl (C=O) groups excluding carboxylic acids is 1. The molecular formula is C17H23N5O2. The minimum absolute atomic E-state index is 0.112. The van der Waals surface area contributed by atoms with Gasteiger partial charge in [-0.2, -0.15) is 0 Å². The van der Waals surface area contributed by atoms with E-state index in [1.807, 2.05) is 30.3 Å². The van der Waals surface area contributed by atoms with Crippen LogP contribution in [0.5, 0.6) is 0 Å². The summed E-state index contributed by atoms with van der Waals surface area (Å²) in [5.41, 5.74) is 12.4. The quantitative estimate of drug-likeness (QED) is 0.648. The molecule has 5 N–H and O–H groups in total. The molecule has 0 fully saturated rings. The lowest BCUT2D eigenvalue weighted by atomic mass is 10.0. The first-order valence-corrected chi connectivity index (χ1v) is 7.86. The molecule has 0 bridgehead atoms. The summed E-state index contributed by atoms with van der Waals surface area (Å²) in [7, 11) is 0. The summed E-state index contributed by atoms with van der Waals surface area (Å²) in [6.07, 6.45) is 2.29. The number of nitrogens with one attached hydrogen (secondary N) is 1. The molecule has 24 heavy (non-hydrogen) atoms. The number of primary amides is 1. The number of anilines is 1. The molecule has 128 valence electrons. The lowest BCUT2D eigenvalue weighted by molar-refractivity contribution is -0.118. The van der Waals surface area contributed by atoms with Crippen molar-refractivity contribution in [3.63, 3.8) is 0 Å². The standard InChI is InChI=1S/C17H23N5O2/c1-12-11-20-16(17(24)22(12)8-7-18)21-14(10-15(19)23)9-13-5-3-2-4-6-13/h2-6,11,14H,7-10,18H2,1H3,(H2,19,23)(H,20,21). The van der Waals surface area contributed by atoms with E-state index in [4.69, 9.17) is 11.5 Å². The van der Waals surface area contributed by atoms with Crippen LogP contribution in [0.25, 0.3) is 0 Å². The number of nitrogens with zero attached hydrogens (tertiary/aromatic N) is 2. The molecule has 0 aliphatic rings. The molecule has 1 heterocycles. The number of aromatic nitrogens is 2. The Bertz CT molecular complexity index is 742. The van der Waals surface area contributed by atoms with E-state index in [2.05, 4.69) is 10.3 Å². The molecule has 0 saturated heterocycles. The van der Waals surface area contributed by atoms with Crippen molar-refractivity contribution in [2.75, 3.05) is 11.9 Å². The number of benzene rings is 1. The van der Waals surface area contributed by atoms with Crippen LogP contribution in [0.15, 0.2) is 41.3 Å². The number of nitrogens with two attached hydrogens (primary N) is 2. The first-order chi connectivity index (χ1) is 11.5. The third-order valence-corrected chi connectivity index (χ3v) is 3.72. The summed E-state index contributed by atoms with van der Waals surface area (Å²) >= 11 is 0. The van der Waals surface area contributed by atoms with Crippen LogP contribution in [0.2, 0.25) is 0 Å². The van der Waals surface area contributed by atoms with Gasteiger partial charge < -0.3 is 21.4 Å². The van der Waals surface area contributed by atoms with Crippen LogP contribution in [0, 0.1) is 6.92 Å². The molecule has 7 heteroatoms. The summed E-state index contributed by atoms with van der Waals surface area (Å²) in [6.45, 7) is 2.58. The van der Waals surface area contributed by atoms with E-state index in [1.54, 1.807) is 17.7 Å². The van der Waals surface area contributed by atoms with E-state index in [0.717, 1.165) is 11.3 Å². The molecule has 7 nitrogen and oxygen atoms in total. The highest BCUT2D eigenvalue weighted by Gasteiger charge is 2.16. The van der Waals surface area contributed by atoms with Gasteiger partial charge >= 0.3 is 0 Å². The van der Waals surface area contributed by atoms with Crippen LogP contribution < -0.4 is 22.3 Å². The number of hydrogen-bond donors (Lipinski definition) is 3. The van der Waals surface area contributed by atoms with Gasteiger partial charge in [0.1, 0.15) is 0 Å². The second-order valence-electron chi connectivity index (χ2n) is 5.70. The van der Waals surface area contributed by atoms with E-state index in [0.29, 0.717) is 19.5 Å². The summed E-state index contributed by atoms with van der Waals surface area (Å²) in [6, 6.07) is 9.40. The van der Waals surface area contributed by atoms with E-state index in [9.17, 15) is 9.59 Å². The number of carbonyl (C=O) groups is 1. The highest BCUT2D eigenvalue weighted by molar-refractivity contribution is 5.75. The molecule has 2 aromatic rings. The summed E-state index contributed by atoms with van der Waals surface area (Å²) in [4.78, 5) is 28.1. The van der Waals surface area contributed by atoms with Crippen molar-refractivity contribution >= 4 is 11.7 Å². The topological polar surface area (TPSA) is 116 Å². The van der Waals surface area contributed by atoms with Crippen LogP contribution in [-0.2, 0) is 17.8 Å². The van der Waals surface area contributed by atoms with Crippen molar-refractivity contribution in [1.29, 1.82) is 0 Å². The Labute approximate surface area is 140 Å². The number of rotatable bonds is 8. The zero-order valence-electron chi connectivity index (χ0n) is 13.7. The molecule has 0 aliphatic heterocycles. The van der Waals surface area contributed by atoms with Crippen LogP contribution in [0.4, 0.5) is 5.82 Å². The molecule has 0 saturated carbocycles. The maximum Gasteiger partial charge on any atom is 0.293 e. The summed E-state index contributed by atoms with van der Waals surface area (Å²) in [5.74, 6) is -0.228. The Balaban J connectivity index is 2.24. The zero-order chi connectivity index (χ0) is 17.5. The number of amides is 1. The zero-order valence-corrected chi connectivity index (χ0v) is 13.7. The molecule has 2 rings (SSSR count). The van der Waals surface area contributed by atoms with Crippen molar-refractivity contribution in [2.24, 2.45) is 11.5 Å². The van der Waals surface area contributed by atoms with Gasteiger partial charge in [0.2, 0.25) is 5.91 Å². The smallest absolute Gasteiger partial charge is 0.293 e. The molecule has 1 aromatic heterocycles. The average molecular weight is 329 g/mol. The lowest BCUT2D eigenvalue weighted by Gasteiger charge is -2.19. The molecule has 1 unspecified atom stereocenters. The second-order valence-corrected chi connectivity index (χ2v) is 5.70. The largest absolute Gasteiger partial charge is 0.370 e. The van der Waals surface area contributed by atoms with Gasteiger partial charge in [-0.3, -0.25) is 9.59 Å². The van der Waals surface area contributed by atoms with E-state index in [1.165, 1.54) is 0 Å². The highest BCUT2D eigenvalue weighted by atomic mass is 16.1. The first-order valence-electron chi connectivity index (χ1n) is 7.86. The Kier molecular flexibility index (Phi) is 6.08. The maximum atomic E-state index is 12.5. The molecule has 0 aliphatic carbocycles. The Hall–Kier alpha value is -2.67. The van der Waals surface area contributed by atoms with Crippen LogP contribution in [0.1, 0.15) is 17.7 Å². The molecule has 1 aromatic carbocycles. The fraction of sp³-hybridized carbons (Fsp3) is 0.353. The highest BCUT2D eigenvalue weighted by Crippen LogP contribution is 2.10. The van der Waals surface area contributed by atoms with Crippen molar-refractivity contribution in [2.45, 2.75) is 32.4 Å². The predicted octanol–water partition coefficient (Wildman–Crippen LogP) is 0.409. The molecular weight excluding hydrogens is 306 g/mol. The maximum absolute atomic E-state index is 12.5. The van der Waals surface area contributed by atoms with Gasteiger partial charge in [0, 0.05) is 37.4 Å².